The number of nitrogens with two attached hydrogens (primary N) is 1. The lowest BCUT2D eigenvalue weighted by Crippen LogP contribution is -2.43. The molecule has 1 aliphatic rings. The van der Waals surface area contributed by atoms with E-state index in [0.29, 0.717) is 25.5 Å². The van der Waals surface area contributed by atoms with Crippen LogP contribution in [-0.2, 0) is 4.79 Å². The van der Waals surface area contributed by atoms with Gasteiger partial charge in [0.1, 0.15) is 5.75 Å². The number of rotatable bonds is 3. The Labute approximate surface area is 108 Å². The third-order valence-electron chi connectivity index (χ3n) is 3.28. The van der Waals surface area contributed by atoms with Gasteiger partial charge in [-0.3, -0.25) is 4.79 Å². The van der Waals surface area contributed by atoms with Gasteiger partial charge < -0.3 is 15.4 Å². The maximum Gasteiger partial charge on any atom is 0.230 e. The molecule has 0 bridgehead atoms. The van der Waals surface area contributed by atoms with E-state index in [-0.39, 0.29) is 11.9 Å². The first-order valence-electron chi connectivity index (χ1n) is 6.37. The number of hydrogen-bond acceptors (Lipinski definition) is 3. The summed E-state index contributed by atoms with van der Waals surface area (Å²) in [7, 11) is 0. The lowest BCUT2D eigenvalue weighted by Gasteiger charge is -2.27. The first-order chi connectivity index (χ1) is 8.59. The highest BCUT2D eigenvalue weighted by molar-refractivity contribution is 5.95. The number of para-hydroxylation sites is 2. The normalized spacial score (nSPS) is 17.1. The van der Waals surface area contributed by atoms with Crippen molar-refractivity contribution < 1.29 is 9.53 Å². The van der Waals surface area contributed by atoms with Gasteiger partial charge in [-0.15, -0.1) is 0 Å². The topological polar surface area (TPSA) is 55.6 Å². The monoisotopic (exact) mass is 248 g/mol. The average Bonchev–Trinajstić information content (AvgIpc) is 2.50. The fourth-order valence-corrected chi connectivity index (χ4v) is 1.94. The molecule has 0 aromatic heterocycles. The Morgan fingerprint density at radius 1 is 1.39 bits per heavy atom. The maximum atomic E-state index is 12.1. The highest BCUT2D eigenvalue weighted by Gasteiger charge is 2.25. The van der Waals surface area contributed by atoms with Crippen LogP contribution in [0.4, 0.5) is 5.69 Å². The molecule has 1 aromatic carbocycles. The van der Waals surface area contributed by atoms with Gasteiger partial charge >= 0.3 is 0 Å². The van der Waals surface area contributed by atoms with Gasteiger partial charge in [0.25, 0.3) is 0 Å². The van der Waals surface area contributed by atoms with Gasteiger partial charge in [-0.2, -0.15) is 0 Å². The quantitative estimate of drug-likeness (QED) is 0.887. The minimum absolute atomic E-state index is 0.0277. The molecule has 1 aliphatic heterocycles. The third-order valence-corrected chi connectivity index (χ3v) is 3.28. The Hall–Kier alpha value is -1.55. The molecule has 0 saturated carbocycles. The molecular formula is C14H20N2O2. The van der Waals surface area contributed by atoms with Gasteiger partial charge in [-0.05, 0) is 18.1 Å². The van der Waals surface area contributed by atoms with Crippen LogP contribution >= 0.6 is 0 Å². The van der Waals surface area contributed by atoms with Gasteiger partial charge in [-0.1, -0.05) is 26.0 Å². The Morgan fingerprint density at radius 3 is 2.83 bits per heavy atom. The van der Waals surface area contributed by atoms with Gasteiger partial charge in [0.15, 0.2) is 0 Å². The van der Waals surface area contributed by atoms with Crippen molar-refractivity contribution in [3.05, 3.63) is 24.3 Å². The van der Waals surface area contributed by atoms with Crippen LogP contribution in [0.3, 0.4) is 0 Å². The van der Waals surface area contributed by atoms with E-state index in [1.165, 1.54) is 0 Å². The summed E-state index contributed by atoms with van der Waals surface area (Å²) in [4.78, 5) is 13.9. The van der Waals surface area contributed by atoms with E-state index < -0.39 is 0 Å². The summed E-state index contributed by atoms with van der Waals surface area (Å²) in [6.45, 7) is 5.10. The summed E-state index contributed by atoms with van der Waals surface area (Å²) in [5.74, 6) is 1.18. The van der Waals surface area contributed by atoms with Crippen LogP contribution in [0.15, 0.2) is 24.3 Å². The summed E-state index contributed by atoms with van der Waals surface area (Å²) < 4.78 is 5.59. The van der Waals surface area contributed by atoms with Crippen molar-refractivity contribution in [3.8, 4) is 5.75 Å². The SMILES string of the molecule is CC(C)C(N)CN1C(=O)CCOc2ccccc21. The number of amides is 1. The molecule has 4 heteroatoms. The summed E-state index contributed by atoms with van der Waals surface area (Å²) in [6, 6.07) is 7.59. The van der Waals surface area contributed by atoms with Crippen molar-refractivity contribution in [2.75, 3.05) is 18.1 Å². The van der Waals surface area contributed by atoms with Crippen molar-refractivity contribution in [2.24, 2.45) is 11.7 Å². The lowest BCUT2D eigenvalue weighted by atomic mass is 10.0. The molecule has 98 valence electrons. The number of anilines is 1. The van der Waals surface area contributed by atoms with Crippen molar-refractivity contribution >= 4 is 11.6 Å². The van der Waals surface area contributed by atoms with Gasteiger partial charge in [0.05, 0.1) is 18.7 Å². The van der Waals surface area contributed by atoms with Gasteiger partial charge in [0.2, 0.25) is 5.91 Å². The van der Waals surface area contributed by atoms with E-state index in [9.17, 15) is 4.79 Å². The Morgan fingerprint density at radius 2 is 2.11 bits per heavy atom. The first-order valence-corrected chi connectivity index (χ1v) is 6.37. The van der Waals surface area contributed by atoms with E-state index in [2.05, 4.69) is 13.8 Å². The molecule has 1 unspecified atom stereocenters. The fraction of sp³-hybridized carbons (Fsp3) is 0.500. The van der Waals surface area contributed by atoms with Crippen LogP contribution in [0, 0.1) is 5.92 Å². The highest BCUT2D eigenvalue weighted by Crippen LogP contribution is 2.31. The zero-order chi connectivity index (χ0) is 13.1. The minimum Gasteiger partial charge on any atom is -0.491 e. The summed E-state index contributed by atoms with van der Waals surface area (Å²) in [6.07, 6.45) is 0.402. The van der Waals surface area contributed by atoms with Crippen LogP contribution < -0.4 is 15.4 Å². The number of carbonyl (C=O) groups is 1. The molecule has 18 heavy (non-hydrogen) atoms. The molecule has 4 nitrogen and oxygen atoms in total. The Bertz CT molecular complexity index is 432. The molecule has 1 aromatic rings. The second kappa shape index (κ2) is 5.40. The summed E-state index contributed by atoms with van der Waals surface area (Å²) in [5.41, 5.74) is 6.91. The number of carbonyl (C=O) groups excluding carboxylic acids is 1. The zero-order valence-electron chi connectivity index (χ0n) is 10.9. The number of ether oxygens (including phenoxy) is 1. The standard InChI is InChI=1S/C14H20N2O2/c1-10(2)11(15)9-16-12-5-3-4-6-13(12)18-8-7-14(16)17/h3-6,10-11H,7-9,15H2,1-2H3. The van der Waals surface area contributed by atoms with E-state index in [4.69, 9.17) is 10.5 Å². The molecule has 0 fully saturated rings. The molecule has 0 spiro atoms. The zero-order valence-corrected chi connectivity index (χ0v) is 10.9. The number of fused-ring (bicyclic) bond motifs is 1. The smallest absolute Gasteiger partial charge is 0.230 e. The minimum atomic E-state index is -0.0277. The first kappa shape index (κ1) is 12.9. The predicted octanol–water partition coefficient (Wildman–Crippen LogP) is 1.79. The molecular weight excluding hydrogens is 228 g/mol. The third kappa shape index (κ3) is 2.64. The molecule has 1 heterocycles. The Balaban J connectivity index is 2.28. The van der Waals surface area contributed by atoms with E-state index in [1.807, 2.05) is 24.3 Å². The van der Waals surface area contributed by atoms with Gasteiger partial charge in [-0.25, -0.2) is 0 Å². The fourth-order valence-electron chi connectivity index (χ4n) is 1.94. The second-order valence-electron chi connectivity index (χ2n) is 4.98. The largest absolute Gasteiger partial charge is 0.491 e. The van der Waals surface area contributed by atoms with Crippen LogP contribution in [0.25, 0.3) is 0 Å². The van der Waals surface area contributed by atoms with E-state index in [1.54, 1.807) is 4.90 Å². The molecule has 2 N–H and O–H groups in total. The molecule has 1 atom stereocenters. The van der Waals surface area contributed by atoms with Gasteiger partial charge in [0, 0.05) is 12.6 Å². The summed E-state index contributed by atoms with van der Waals surface area (Å²) in [5, 5.41) is 0. The molecule has 0 radical (unpaired) electrons. The number of nitrogens with zero attached hydrogens (tertiary/aromatic N) is 1. The van der Waals surface area contributed by atoms with Crippen LogP contribution in [0.5, 0.6) is 5.75 Å². The molecule has 2 rings (SSSR count). The predicted molar refractivity (Wildman–Crippen MR) is 71.7 cm³/mol. The highest BCUT2D eigenvalue weighted by atomic mass is 16.5. The Kier molecular flexibility index (Phi) is 3.87. The van der Waals surface area contributed by atoms with Crippen LogP contribution in [0.2, 0.25) is 0 Å². The van der Waals surface area contributed by atoms with Crippen molar-refractivity contribution in [3.63, 3.8) is 0 Å². The van der Waals surface area contributed by atoms with Crippen molar-refractivity contribution in [1.29, 1.82) is 0 Å². The molecule has 0 aliphatic carbocycles. The second-order valence-corrected chi connectivity index (χ2v) is 4.98. The lowest BCUT2D eigenvalue weighted by molar-refractivity contribution is -0.118. The number of benzene rings is 1. The van der Waals surface area contributed by atoms with Crippen LogP contribution in [-0.4, -0.2) is 25.1 Å². The van der Waals surface area contributed by atoms with E-state index in [0.717, 1.165) is 11.4 Å². The van der Waals surface area contributed by atoms with Crippen molar-refractivity contribution in [2.45, 2.75) is 26.3 Å². The van der Waals surface area contributed by atoms with Crippen molar-refractivity contribution in [1.82, 2.24) is 0 Å². The van der Waals surface area contributed by atoms with Crippen LogP contribution in [0.1, 0.15) is 20.3 Å². The summed E-state index contributed by atoms with van der Waals surface area (Å²) >= 11 is 0. The van der Waals surface area contributed by atoms with E-state index >= 15 is 0 Å². The molecule has 1 amide bonds. The average molecular weight is 248 g/mol. The molecule has 0 saturated heterocycles. The number of hydrogen-bond donors (Lipinski definition) is 1. The maximum absolute atomic E-state index is 12.1.